The Hall–Kier alpha value is -1.86. The summed E-state index contributed by atoms with van der Waals surface area (Å²) in [6.07, 6.45) is 5.65. The van der Waals surface area contributed by atoms with Crippen LogP contribution in [0.5, 0.6) is 5.75 Å². The summed E-state index contributed by atoms with van der Waals surface area (Å²) in [7, 11) is 3.79. The largest absolute Gasteiger partial charge is 0.492 e. The second-order valence-electron chi connectivity index (χ2n) is 9.36. The summed E-state index contributed by atoms with van der Waals surface area (Å²) < 4.78 is 13.2. The Labute approximate surface area is 186 Å². The van der Waals surface area contributed by atoms with E-state index in [1.807, 2.05) is 9.47 Å². The molecule has 7 heteroatoms. The van der Waals surface area contributed by atoms with Crippen molar-refractivity contribution >= 4 is 5.91 Å². The first-order valence-corrected chi connectivity index (χ1v) is 11.8. The van der Waals surface area contributed by atoms with Crippen LogP contribution < -0.4 is 10.3 Å². The van der Waals surface area contributed by atoms with E-state index in [2.05, 4.69) is 25.8 Å². The number of nitrogens with zero attached hydrogens (tertiary/aromatic N) is 3. The standard InChI is InChI=1S/C24H39N3O4/c1-18(2)17-31-21-16-22(28)27-11-7-5-6-8-20(27)23(21)24(29)26(14-15-30-4)19-9-12-25(3)13-10-19/h16,18-19H,5-15,17H2,1-4H3. The molecule has 0 aromatic carbocycles. The van der Waals surface area contributed by atoms with Crippen LogP contribution in [0.15, 0.2) is 10.9 Å². The Morgan fingerprint density at radius 2 is 1.94 bits per heavy atom. The molecule has 174 valence electrons. The van der Waals surface area contributed by atoms with Crippen molar-refractivity contribution in [3.63, 3.8) is 0 Å². The predicted octanol–water partition coefficient (Wildman–Crippen LogP) is 2.79. The maximum Gasteiger partial charge on any atom is 0.259 e. The summed E-state index contributed by atoms with van der Waals surface area (Å²) >= 11 is 0. The van der Waals surface area contributed by atoms with Gasteiger partial charge in [0.1, 0.15) is 11.3 Å². The molecule has 1 fully saturated rings. The lowest BCUT2D eigenvalue weighted by Crippen LogP contribution is -2.48. The van der Waals surface area contributed by atoms with Crippen LogP contribution in [0, 0.1) is 5.92 Å². The van der Waals surface area contributed by atoms with E-state index in [-0.39, 0.29) is 17.5 Å². The summed E-state index contributed by atoms with van der Waals surface area (Å²) in [6.45, 7) is 8.29. The molecular weight excluding hydrogens is 394 g/mol. The van der Waals surface area contributed by atoms with Crippen molar-refractivity contribution in [1.29, 1.82) is 0 Å². The highest BCUT2D eigenvalue weighted by Crippen LogP contribution is 2.29. The second kappa shape index (κ2) is 11.1. The van der Waals surface area contributed by atoms with Crippen molar-refractivity contribution in [3.8, 4) is 5.75 Å². The van der Waals surface area contributed by atoms with Crippen molar-refractivity contribution in [2.75, 3.05) is 47.0 Å². The number of ether oxygens (including phenoxy) is 2. The summed E-state index contributed by atoms with van der Waals surface area (Å²) in [5.74, 6) is 0.742. The van der Waals surface area contributed by atoms with Crippen molar-refractivity contribution in [2.45, 2.75) is 65.0 Å². The minimum absolute atomic E-state index is 0.0176. The maximum atomic E-state index is 14.1. The maximum absolute atomic E-state index is 14.1. The lowest BCUT2D eigenvalue weighted by atomic mass is 10.0. The van der Waals surface area contributed by atoms with E-state index in [9.17, 15) is 9.59 Å². The molecule has 0 spiro atoms. The number of hydrogen-bond acceptors (Lipinski definition) is 5. The van der Waals surface area contributed by atoms with Crippen LogP contribution in [0.25, 0.3) is 0 Å². The van der Waals surface area contributed by atoms with Crippen molar-refractivity contribution in [2.24, 2.45) is 5.92 Å². The molecule has 0 radical (unpaired) electrons. The summed E-state index contributed by atoms with van der Waals surface area (Å²) in [6, 6.07) is 1.71. The van der Waals surface area contributed by atoms with Crippen molar-refractivity contribution in [1.82, 2.24) is 14.4 Å². The van der Waals surface area contributed by atoms with Gasteiger partial charge < -0.3 is 23.8 Å². The van der Waals surface area contributed by atoms with Crippen LogP contribution >= 0.6 is 0 Å². The number of pyridine rings is 1. The molecule has 0 N–H and O–H groups in total. The van der Waals surface area contributed by atoms with E-state index in [1.54, 1.807) is 7.11 Å². The van der Waals surface area contributed by atoms with Gasteiger partial charge in [0.2, 0.25) is 0 Å². The van der Waals surface area contributed by atoms with Crippen LogP contribution in [0.3, 0.4) is 0 Å². The zero-order valence-electron chi connectivity index (χ0n) is 19.7. The number of methoxy groups -OCH3 is 1. The summed E-state index contributed by atoms with van der Waals surface area (Å²) in [5.41, 5.74) is 1.39. The van der Waals surface area contributed by atoms with Gasteiger partial charge in [-0.2, -0.15) is 0 Å². The van der Waals surface area contributed by atoms with Gasteiger partial charge in [0.05, 0.1) is 13.2 Å². The molecule has 0 aliphatic carbocycles. The molecule has 7 nitrogen and oxygen atoms in total. The first-order valence-electron chi connectivity index (χ1n) is 11.8. The molecule has 2 aliphatic rings. The predicted molar refractivity (Wildman–Crippen MR) is 122 cm³/mol. The van der Waals surface area contributed by atoms with Crippen LogP contribution in [-0.2, 0) is 17.7 Å². The number of piperidine rings is 1. The molecule has 0 saturated carbocycles. The molecule has 3 rings (SSSR count). The monoisotopic (exact) mass is 433 g/mol. The van der Waals surface area contributed by atoms with Gasteiger partial charge >= 0.3 is 0 Å². The lowest BCUT2D eigenvalue weighted by molar-refractivity contribution is 0.0498. The molecular formula is C24H39N3O4. The van der Waals surface area contributed by atoms with Crippen molar-refractivity contribution in [3.05, 3.63) is 27.7 Å². The minimum Gasteiger partial charge on any atom is -0.492 e. The topological polar surface area (TPSA) is 64.0 Å². The van der Waals surface area contributed by atoms with Crippen molar-refractivity contribution < 1.29 is 14.3 Å². The van der Waals surface area contributed by atoms with Gasteiger partial charge in [-0.25, -0.2) is 0 Å². The summed E-state index contributed by atoms with van der Waals surface area (Å²) in [4.78, 5) is 31.2. The fourth-order valence-electron chi connectivity index (χ4n) is 4.61. The zero-order chi connectivity index (χ0) is 22.4. The van der Waals surface area contributed by atoms with Gasteiger partial charge in [-0.3, -0.25) is 9.59 Å². The van der Waals surface area contributed by atoms with E-state index in [4.69, 9.17) is 9.47 Å². The number of aromatic nitrogens is 1. The Bertz CT molecular complexity index is 797. The molecule has 3 heterocycles. The molecule has 1 aromatic rings. The third-order valence-corrected chi connectivity index (χ3v) is 6.39. The smallest absolute Gasteiger partial charge is 0.259 e. The number of likely N-dealkylation sites (tertiary alicyclic amines) is 1. The Balaban J connectivity index is 2.03. The van der Waals surface area contributed by atoms with Gasteiger partial charge in [-0.1, -0.05) is 20.3 Å². The Kier molecular flexibility index (Phi) is 8.55. The SMILES string of the molecule is COCCN(C(=O)c1c(OCC(C)C)cc(=O)n2c1CCCCC2)C1CCN(C)CC1. The van der Waals surface area contributed by atoms with Crippen LogP contribution in [-0.4, -0.2) is 73.3 Å². The first-order chi connectivity index (χ1) is 14.9. The van der Waals surface area contributed by atoms with E-state index >= 15 is 0 Å². The van der Waals surface area contributed by atoms with E-state index in [0.717, 1.165) is 57.3 Å². The number of carbonyl (C=O) groups is 1. The minimum atomic E-state index is -0.0602. The Morgan fingerprint density at radius 1 is 1.19 bits per heavy atom. The second-order valence-corrected chi connectivity index (χ2v) is 9.36. The quantitative estimate of drug-likeness (QED) is 0.631. The third-order valence-electron chi connectivity index (χ3n) is 6.39. The van der Waals surface area contributed by atoms with Gasteiger partial charge in [0.25, 0.3) is 11.5 Å². The fourth-order valence-corrected chi connectivity index (χ4v) is 4.61. The Morgan fingerprint density at radius 3 is 2.61 bits per heavy atom. The molecule has 2 aliphatic heterocycles. The number of rotatable bonds is 8. The third kappa shape index (κ3) is 5.89. The average molecular weight is 434 g/mol. The van der Waals surface area contributed by atoms with Crippen LogP contribution in [0.4, 0.5) is 0 Å². The number of fused-ring (bicyclic) bond motifs is 1. The van der Waals surface area contributed by atoms with E-state index in [1.165, 1.54) is 6.07 Å². The number of carbonyl (C=O) groups excluding carboxylic acids is 1. The summed E-state index contributed by atoms with van der Waals surface area (Å²) in [5, 5.41) is 0. The van der Waals surface area contributed by atoms with Crippen LogP contribution in [0.2, 0.25) is 0 Å². The molecule has 1 saturated heterocycles. The van der Waals surface area contributed by atoms with E-state index < -0.39 is 0 Å². The van der Waals surface area contributed by atoms with Gasteiger partial charge in [0.15, 0.2) is 0 Å². The number of hydrogen-bond donors (Lipinski definition) is 0. The molecule has 1 aromatic heterocycles. The number of amides is 1. The highest BCUT2D eigenvalue weighted by molar-refractivity contribution is 5.98. The molecule has 0 atom stereocenters. The average Bonchev–Trinajstić information content (AvgIpc) is 3.00. The fraction of sp³-hybridized carbons (Fsp3) is 0.750. The molecule has 1 amide bonds. The normalized spacial score (nSPS) is 18.0. The van der Waals surface area contributed by atoms with Gasteiger partial charge in [0, 0.05) is 38.0 Å². The highest BCUT2D eigenvalue weighted by Gasteiger charge is 2.32. The molecule has 0 unspecified atom stereocenters. The zero-order valence-corrected chi connectivity index (χ0v) is 19.7. The highest BCUT2D eigenvalue weighted by atomic mass is 16.5. The van der Waals surface area contributed by atoms with Gasteiger partial charge in [-0.05, 0) is 58.2 Å². The van der Waals surface area contributed by atoms with Gasteiger partial charge in [-0.15, -0.1) is 0 Å². The van der Waals surface area contributed by atoms with E-state index in [0.29, 0.717) is 43.5 Å². The first kappa shape index (κ1) is 23.8. The molecule has 0 bridgehead atoms. The lowest BCUT2D eigenvalue weighted by Gasteiger charge is -2.38. The molecule has 31 heavy (non-hydrogen) atoms. The van der Waals surface area contributed by atoms with Crippen LogP contribution in [0.1, 0.15) is 62.0 Å².